The first-order valence-electron chi connectivity index (χ1n) is 6.98. The van der Waals surface area contributed by atoms with Crippen LogP contribution < -0.4 is 10.6 Å². The molecule has 0 aromatic heterocycles. The van der Waals surface area contributed by atoms with Gasteiger partial charge in [0.1, 0.15) is 5.56 Å². The molecule has 3 N–H and O–H groups in total. The van der Waals surface area contributed by atoms with E-state index in [9.17, 15) is 9.59 Å². The fraction of sp³-hybridized carbons (Fsp3) is 0.467. The average molecular weight is 313 g/mol. The van der Waals surface area contributed by atoms with Crippen molar-refractivity contribution in [2.24, 2.45) is 5.92 Å². The molecule has 0 unspecified atom stereocenters. The first kappa shape index (κ1) is 17.3. The van der Waals surface area contributed by atoms with E-state index in [1.165, 1.54) is 12.1 Å². The zero-order valence-corrected chi connectivity index (χ0v) is 13.0. The summed E-state index contributed by atoms with van der Waals surface area (Å²) in [5, 5.41) is 14.4. The van der Waals surface area contributed by atoms with Gasteiger partial charge < -0.3 is 15.7 Å². The van der Waals surface area contributed by atoms with Gasteiger partial charge in [-0.1, -0.05) is 44.4 Å². The summed E-state index contributed by atoms with van der Waals surface area (Å²) in [4.78, 5) is 22.9. The number of hydrogen-bond acceptors (Lipinski definition) is 2. The van der Waals surface area contributed by atoms with E-state index < -0.39 is 12.0 Å². The number of anilines is 1. The minimum absolute atomic E-state index is 0.0947. The lowest BCUT2D eigenvalue weighted by atomic mass is 10.1. The van der Waals surface area contributed by atoms with Crippen LogP contribution in [-0.4, -0.2) is 23.7 Å². The number of urea groups is 1. The summed E-state index contributed by atoms with van der Waals surface area (Å²) in [6.07, 6.45) is 3.07. The Labute approximate surface area is 129 Å². The lowest BCUT2D eigenvalue weighted by molar-refractivity contribution is 0.0698. The number of amides is 2. The highest BCUT2D eigenvalue weighted by Crippen LogP contribution is 2.24. The van der Waals surface area contributed by atoms with Crippen molar-refractivity contribution in [1.29, 1.82) is 0 Å². The summed E-state index contributed by atoms with van der Waals surface area (Å²) in [7, 11) is 0. The van der Waals surface area contributed by atoms with E-state index >= 15 is 0 Å². The predicted molar refractivity (Wildman–Crippen MR) is 84.1 cm³/mol. The molecule has 0 radical (unpaired) electrons. The summed E-state index contributed by atoms with van der Waals surface area (Å²) in [5.41, 5.74) is 0.0869. The molecule has 5 nitrogen and oxygen atoms in total. The molecule has 0 saturated carbocycles. The molecule has 0 fully saturated rings. The molecule has 0 spiro atoms. The van der Waals surface area contributed by atoms with Crippen molar-refractivity contribution < 1.29 is 14.7 Å². The van der Waals surface area contributed by atoms with Crippen LogP contribution in [0, 0.1) is 5.92 Å². The van der Waals surface area contributed by atoms with Gasteiger partial charge in [0.2, 0.25) is 0 Å². The highest BCUT2D eigenvalue weighted by Gasteiger charge is 2.15. The van der Waals surface area contributed by atoms with Gasteiger partial charge in [-0.25, -0.2) is 9.59 Å². The summed E-state index contributed by atoms with van der Waals surface area (Å²) < 4.78 is 0. The normalized spacial score (nSPS) is 10.5. The Morgan fingerprint density at radius 2 is 2.00 bits per heavy atom. The third-order valence-electron chi connectivity index (χ3n) is 2.97. The van der Waals surface area contributed by atoms with Gasteiger partial charge >= 0.3 is 12.0 Å². The number of carboxylic acids is 1. The molecular formula is C15H21ClN2O3. The highest BCUT2D eigenvalue weighted by atomic mass is 35.5. The topological polar surface area (TPSA) is 78.4 Å². The Morgan fingerprint density at radius 3 is 2.62 bits per heavy atom. The second kappa shape index (κ2) is 8.52. The van der Waals surface area contributed by atoms with E-state index in [2.05, 4.69) is 24.5 Å². The van der Waals surface area contributed by atoms with E-state index in [0.29, 0.717) is 12.5 Å². The maximum absolute atomic E-state index is 11.7. The van der Waals surface area contributed by atoms with Gasteiger partial charge in [0, 0.05) is 6.54 Å². The Kier molecular flexibility index (Phi) is 7.02. The molecule has 0 aliphatic rings. The van der Waals surface area contributed by atoms with Crippen molar-refractivity contribution in [1.82, 2.24) is 5.32 Å². The van der Waals surface area contributed by atoms with E-state index in [-0.39, 0.29) is 16.3 Å². The first-order valence-corrected chi connectivity index (χ1v) is 7.36. The summed E-state index contributed by atoms with van der Waals surface area (Å²) >= 11 is 5.83. The SMILES string of the molecule is CC(C)CCCCNC(=O)Nc1cccc(Cl)c1C(=O)O. The third-order valence-corrected chi connectivity index (χ3v) is 3.28. The molecule has 1 aromatic carbocycles. The number of nitrogens with one attached hydrogen (secondary N) is 2. The second-order valence-electron chi connectivity index (χ2n) is 5.24. The number of halogens is 1. The van der Waals surface area contributed by atoms with Crippen LogP contribution in [0.25, 0.3) is 0 Å². The van der Waals surface area contributed by atoms with E-state index in [1.54, 1.807) is 6.07 Å². The van der Waals surface area contributed by atoms with Crippen LogP contribution in [0.5, 0.6) is 0 Å². The van der Waals surface area contributed by atoms with Gasteiger partial charge in [-0.05, 0) is 24.5 Å². The molecule has 0 atom stereocenters. The molecule has 0 aliphatic carbocycles. The van der Waals surface area contributed by atoms with Crippen LogP contribution in [0.4, 0.5) is 10.5 Å². The predicted octanol–water partition coefficient (Wildman–Crippen LogP) is 3.99. The molecule has 0 saturated heterocycles. The molecule has 0 heterocycles. The Bertz CT molecular complexity index is 504. The van der Waals surface area contributed by atoms with Gasteiger partial charge in [-0.3, -0.25) is 0 Å². The number of aromatic carboxylic acids is 1. The quantitative estimate of drug-likeness (QED) is 0.666. The van der Waals surface area contributed by atoms with Crippen molar-refractivity contribution in [2.45, 2.75) is 33.1 Å². The van der Waals surface area contributed by atoms with E-state index in [1.807, 2.05) is 0 Å². The number of carboxylic acid groups (broad SMARTS) is 1. The Hall–Kier alpha value is -1.75. The van der Waals surface area contributed by atoms with Gasteiger partial charge in [0.05, 0.1) is 10.7 Å². The van der Waals surface area contributed by atoms with Crippen LogP contribution >= 0.6 is 11.6 Å². The Morgan fingerprint density at radius 1 is 1.29 bits per heavy atom. The lowest BCUT2D eigenvalue weighted by Crippen LogP contribution is -2.30. The zero-order chi connectivity index (χ0) is 15.8. The number of carbonyl (C=O) groups excluding carboxylic acids is 1. The van der Waals surface area contributed by atoms with Crippen molar-refractivity contribution in [2.75, 3.05) is 11.9 Å². The molecule has 0 aliphatic heterocycles. The standard InChI is InChI=1S/C15H21ClN2O3/c1-10(2)6-3-4-9-17-15(21)18-12-8-5-7-11(16)13(12)14(19)20/h5,7-8,10H,3-4,6,9H2,1-2H3,(H,19,20)(H2,17,18,21). The molecule has 6 heteroatoms. The fourth-order valence-electron chi connectivity index (χ4n) is 1.89. The molecule has 21 heavy (non-hydrogen) atoms. The van der Waals surface area contributed by atoms with Crippen LogP contribution in [-0.2, 0) is 0 Å². The monoisotopic (exact) mass is 312 g/mol. The average Bonchev–Trinajstić information content (AvgIpc) is 2.37. The van der Waals surface area contributed by atoms with Gasteiger partial charge in [0.25, 0.3) is 0 Å². The number of carbonyl (C=O) groups is 2. The van der Waals surface area contributed by atoms with Crippen LogP contribution in [0.1, 0.15) is 43.5 Å². The molecule has 2 amide bonds. The number of hydrogen-bond donors (Lipinski definition) is 3. The van der Waals surface area contributed by atoms with Crippen molar-refractivity contribution >= 4 is 29.3 Å². The molecule has 1 rings (SSSR count). The maximum atomic E-state index is 11.7. The van der Waals surface area contributed by atoms with E-state index in [0.717, 1.165) is 19.3 Å². The van der Waals surface area contributed by atoms with Crippen LogP contribution in [0.2, 0.25) is 5.02 Å². The number of benzene rings is 1. The van der Waals surface area contributed by atoms with Gasteiger partial charge in [-0.2, -0.15) is 0 Å². The highest BCUT2D eigenvalue weighted by molar-refractivity contribution is 6.34. The van der Waals surface area contributed by atoms with Crippen molar-refractivity contribution in [3.05, 3.63) is 28.8 Å². The minimum Gasteiger partial charge on any atom is -0.478 e. The summed E-state index contributed by atoms with van der Waals surface area (Å²) in [5.74, 6) is -0.517. The first-order chi connectivity index (χ1) is 9.91. The fourth-order valence-corrected chi connectivity index (χ4v) is 2.15. The third kappa shape index (κ3) is 6.04. The lowest BCUT2D eigenvalue weighted by Gasteiger charge is -2.11. The van der Waals surface area contributed by atoms with Crippen molar-refractivity contribution in [3.63, 3.8) is 0 Å². The number of rotatable bonds is 7. The summed E-state index contributed by atoms with van der Waals surface area (Å²) in [6, 6.07) is 4.14. The summed E-state index contributed by atoms with van der Waals surface area (Å²) in [6.45, 7) is 4.88. The van der Waals surface area contributed by atoms with Crippen molar-refractivity contribution in [3.8, 4) is 0 Å². The van der Waals surface area contributed by atoms with Gasteiger partial charge in [-0.15, -0.1) is 0 Å². The smallest absolute Gasteiger partial charge is 0.339 e. The molecule has 116 valence electrons. The Balaban J connectivity index is 2.48. The van der Waals surface area contributed by atoms with Crippen LogP contribution in [0.3, 0.4) is 0 Å². The number of unbranched alkanes of at least 4 members (excludes halogenated alkanes) is 1. The van der Waals surface area contributed by atoms with Crippen LogP contribution in [0.15, 0.2) is 18.2 Å². The molecule has 1 aromatic rings. The minimum atomic E-state index is -1.17. The second-order valence-corrected chi connectivity index (χ2v) is 5.65. The molecule has 0 bridgehead atoms. The maximum Gasteiger partial charge on any atom is 0.339 e. The van der Waals surface area contributed by atoms with E-state index in [4.69, 9.17) is 16.7 Å². The largest absolute Gasteiger partial charge is 0.478 e. The molecular weight excluding hydrogens is 292 g/mol. The van der Waals surface area contributed by atoms with Gasteiger partial charge in [0.15, 0.2) is 0 Å². The zero-order valence-electron chi connectivity index (χ0n) is 12.3.